The van der Waals surface area contributed by atoms with Gasteiger partial charge in [0.15, 0.2) is 0 Å². The Balaban J connectivity index is 2.51. The summed E-state index contributed by atoms with van der Waals surface area (Å²) in [6.45, 7) is 6.78. The molecule has 0 atom stereocenters. The first kappa shape index (κ1) is 12.6. The van der Waals surface area contributed by atoms with E-state index in [2.05, 4.69) is 20.8 Å². The van der Waals surface area contributed by atoms with Crippen LogP contribution in [-0.2, 0) is 11.8 Å². The highest BCUT2D eigenvalue weighted by molar-refractivity contribution is 5.89. The fourth-order valence-electron chi connectivity index (χ4n) is 1.32. The summed E-state index contributed by atoms with van der Waals surface area (Å²) < 4.78 is 6.86. The average Bonchev–Trinajstić information content (AvgIpc) is 2.43. The summed E-state index contributed by atoms with van der Waals surface area (Å²) in [5.74, 6) is -0.316. The van der Waals surface area contributed by atoms with Crippen LogP contribution in [0.2, 0.25) is 0 Å². The molecular formula is C12H20N2O2. The van der Waals surface area contributed by atoms with Gasteiger partial charge in [0.1, 0.15) is 5.69 Å². The normalized spacial score (nSPS) is 11.5. The number of anilines is 1. The molecule has 0 aliphatic rings. The molecule has 0 bridgehead atoms. The number of aromatic nitrogens is 1. The summed E-state index contributed by atoms with van der Waals surface area (Å²) in [6.07, 6.45) is 2.54. The Labute approximate surface area is 96.4 Å². The molecule has 16 heavy (non-hydrogen) atoms. The first-order chi connectivity index (χ1) is 7.29. The first-order valence-corrected chi connectivity index (χ1v) is 5.38. The van der Waals surface area contributed by atoms with Gasteiger partial charge in [-0.2, -0.15) is 0 Å². The maximum absolute atomic E-state index is 11.7. The van der Waals surface area contributed by atoms with E-state index < -0.39 is 0 Å². The smallest absolute Gasteiger partial charge is 0.355 e. The van der Waals surface area contributed by atoms with Crippen LogP contribution in [0.4, 0.5) is 5.69 Å². The van der Waals surface area contributed by atoms with E-state index in [-0.39, 0.29) is 11.4 Å². The van der Waals surface area contributed by atoms with Gasteiger partial charge in [-0.05, 0) is 17.9 Å². The summed E-state index contributed by atoms with van der Waals surface area (Å²) in [4.78, 5) is 11.7. The van der Waals surface area contributed by atoms with Crippen LogP contribution in [0, 0.1) is 5.41 Å². The van der Waals surface area contributed by atoms with E-state index in [1.165, 1.54) is 0 Å². The SMILES string of the molecule is Cn1cc(N)cc1C(=O)OCCC(C)(C)C. The van der Waals surface area contributed by atoms with E-state index >= 15 is 0 Å². The summed E-state index contributed by atoms with van der Waals surface area (Å²) in [5, 5.41) is 0. The number of ether oxygens (including phenoxy) is 1. The largest absolute Gasteiger partial charge is 0.461 e. The van der Waals surface area contributed by atoms with Crippen molar-refractivity contribution < 1.29 is 9.53 Å². The van der Waals surface area contributed by atoms with Gasteiger partial charge < -0.3 is 15.0 Å². The third-order valence-electron chi connectivity index (χ3n) is 2.32. The quantitative estimate of drug-likeness (QED) is 0.801. The number of nitrogens with two attached hydrogens (primary N) is 1. The molecule has 0 fully saturated rings. The molecule has 0 aromatic carbocycles. The van der Waals surface area contributed by atoms with Crippen molar-refractivity contribution >= 4 is 11.7 Å². The number of carbonyl (C=O) groups excluding carboxylic acids is 1. The molecule has 4 heteroatoms. The predicted molar refractivity (Wildman–Crippen MR) is 64.2 cm³/mol. The molecule has 4 nitrogen and oxygen atoms in total. The zero-order chi connectivity index (χ0) is 12.3. The maximum atomic E-state index is 11.7. The molecule has 1 aromatic heterocycles. The molecule has 90 valence electrons. The maximum Gasteiger partial charge on any atom is 0.355 e. The molecule has 0 saturated heterocycles. The summed E-state index contributed by atoms with van der Waals surface area (Å²) in [7, 11) is 1.77. The molecule has 0 aliphatic carbocycles. The van der Waals surface area contributed by atoms with Crippen LogP contribution in [0.3, 0.4) is 0 Å². The Morgan fingerprint density at radius 1 is 1.50 bits per heavy atom. The number of hydrogen-bond acceptors (Lipinski definition) is 3. The molecule has 0 amide bonds. The van der Waals surface area contributed by atoms with Gasteiger partial charge in [0.05, 0.1) is 12.3 Å². The molecule has 0 spiro atoms. The minimum absolute atomic E-state index is 0.174. The third-order valence-corrected chi connectivity index (χ3v) is 2.32. The summed E-state index contributed by atoms with van der Waals surface area (Å²) in [6, 6.07) is 1.62. The Kier molecular flexibility index (Phi) is 3.62. The Bertz CT molecular complexity index is 375. The van der Waals surface area contributed by atoms with Crippen molar-refractivity contribution in [2.75, 3.05) is 12.3 Å². The Morgan fingerprint density at radius 3 is 2.56 bits per heavy atom. The topological polar surface area (TPSA) is 57.2 Å². The van der Waals surface area contributed by atoms with Crippen LogP contribution >= 0.6 is 0 Å². The predicted octanol–water partition coefficient (Wildman–Crippen LogP) is 2.20. The molecular weight excluding hydrogens is 204 g/mol. The zero-order valence-corrected chi connectivity index (χ0v) is 10.4. The van der Waals surface area contributed by atoms with Crippen molar-refractivity contribution in [3.8, 4) is 0 Å². The molecule has 1 aromatic rings. The molecule has 2 N–H and O–H groups in total. The lowest BCUT2D eigenvalue weighted by Gasteiger charge is -2.17. The van der Waals surface area contributed by atoms with Crippen molar-refractivity contribution in [2.24, 2.45) is 12.5 Å². The lowest BCUT2D eigenvalue weighted by molar-refractivity contribution is 0.0454. The number of carbonyl (C=O) groups is 1. The van der Waals surface area contributed by atoms with Crippen LogP contribution in [0.5, 0.6) is 0 Å². The van der Waals surface area contributed by atoms with Crippen molar-refractivity contribution in [1.82, 2.24) is 4.57 Å². The minimum atomic E-state index is -0.316. The highest BCUT2D eigenvalue weighted by Crippen LogP contribution is 2.18. The van der Waals surface area contributed by atoms with Crippen LogP contribution in [0.1, 0.15) is 37.7 Å². The van der Waals surface area contributed by atoms with Crippen LogP contribution in [0.15, 0.2) is 12.3 Å². The van der Waals surface area contributed by atoms with E-state index in [1.54, 1.807) is 23.9 Å². The Morgan fingerprint density at radius 2 is 2.12 bits per heavy atom. The minimum Gasteiger partial charge on any atom is -0.461 e. The van der Waals surface area contributed by atoms with E-state index in [0.29, 0.717) is 18.0 Å². The molecule has 0 radical (unpaired) electrons. The van der Waals surface area contributed by atoms with Crippen LogP contribution in [-0.4, -0.2) is 17.1 Å². The average molecular weight is 224 g/mol. The van der Waals surface area contributed by atoms with Gasteiger partial charge in [0, 0.05) is 13.2 Å². The second-order valence-electron chi connectivity index (χ2n) is 5.22. The highest BCUT2D eigenvalue weighted by atomic mass is 16.5. The highest BCUT2D eigenvalue weighted by Gasteiger charge is 2.15. The molecule has 0 saturated carbocycles. The molecule has 1 rings (SSSR count). The number of hydrogen-bond donors (Lipinski definition) is 1. The number of nitrogen functional groups attached to an aromatic ring is 1. The van der Waals surface area contributed by atoms with Crippen molar-refractivity contribution in [1.29, 1.82) is 0 Å². The zero-order valence-electron chi connectivity index (χ0n) is 10.4. The van der Waals surface area contributed by atoms with Crippen molar-refractivity contribution in [3.05, 3.63) is 18.0 Å². The first-order valence-electron chi connectivity index (χ1n) is 5.38. The van der Waals surface area contributed by atoms with Crippen molar-refractivity contribution in [3.63, 3.8) is 0 Å². The fraction of sp³-hybridized carbons (Fsp3) is 0.583. The second-order valence-corrected chi connectivity index (χ2v) is 5.22. The van der Waals surface area contributed by atoms with Crippen LogP contribution < -0.4 is 5.73 Å². The third kappa shape index (κ3) is 3.61. The number of esters is 1. The van der Waals surface area contributed by atoms with E-state index in [9.17, 15) is 4.79 Å². The van der Waals surface area contributed by atoms with Crippen molar-refractivity contribution in [2.45, 2.75) is 27.2 Å². The molecule has 0 unspecified atom stereocenters. The molecule has 1 heterocycles. The lowest BCUT2D eigenvalue weighted by atomic mass is 9.93. The van der Waals surface area contributed by atoms with E-state index in [4.69, 9.17) is 10.5 Å². The van der Waals surface area contributed by atoms with Gasteiger partial charge in [-0.15, -0.1) is 0 Å². The fourth-order valence-corrected chi connectivity index (χ4v) is 1.32. The standard InChI is InChI=1S/C12H20N2O2/c1-12(2,3)5-6-16-11(15)10-7-9(13)8-14(10)4/h7-8H,5-6,13H2,1-4H3. The number of nitrogens with zero attached hydrogens (tertiary/aromatic N) is 1. The van der Waals surface area contributed by atoms with Gasteiger partial charge in [0.25, 0.3) is 0 Å². The van der Waals surface area contributed by atoms with Crippen LogP contribution in [0.25, 0.3) is 0 Å². The monoisotopic (exact) mass is 224 g/mol. The van der Waals surface area contributed by atoms with Gasteiger partial charge >= 0.3 is 5.97 Å². The van der Waals surface area contributed by atoms with E-state index in [1.807, 2.05) is 0 Å². The summed E-state index contributed by atoms with van der Waals surface area (Å²) in [5.41, 5.74) is 6.83. The van der Waals surface area contributed by atoms with Gasteiger partial charge in [-0.1, -0.05) is 20.8 Å². The second kappa shape index (κ2) is 4.60. The van der Waals surface area contributed by atoms with E-state index in [0.717, 1.165) is 6.42 Å². The van der Waals surface area contributed by atoms with Gasteiger partial charge in [-0.3, -0.25) is 0 Å². The Hall–Kier alpha value is -1.45. The number of aryl methyl sites for hydroxylation is 1. The lowest BCUT2D eigenvalue weighted by Crippen LogP contribution is -2.15. The summed E-state index contributed by atoms with van der Waals surface area (Å²) >= 11 is 0. The van der Waals surface area contributed by atoms with Gasteiger partial charge in [0.2, 0.25) is 0 Å². The molecule has 0 aliphatic heterocycles. The van der Waals surface area contributed by atoms with Gasteiger partial charge in [-0.25, -0.2) is 4.79 Å². The number of rotatable bonds is 3.